The minimum atomic E-state index is 0.676. The van der Waals surface area contributed by atoms with Gasteiger partial charge in [-0.3, -0.25) is 0 Å². The first-order valence-corrected chi connectivity index (χ1v) is 7.76. The third kappa shape index (κ3) is 4.17. The fourth-order valence-electron chi connectivity index (χ4n) is 2.28. The number of allylic oxidation sites excluding steroid dienone is 2. The van der Waals surface area contributed by atoms with Gasteiger partial charge in [0, 0.05) is 5.56 Å². The van der Waals surface area contributed by atoms with Crippen molar-refractivity contribution in [1.29, 1.82) is 0 Å². The van der Waals surface area contributed by atoms with Gasteiger partial charge in [-0.15, -0.1) is 0 Å². The Hall–Kier alpha value is -3.20. The molecular weight excluding hydrogens is 296 g/mol. The van der Waals surface area contributed by atoms with E-state index < -0.39 is 0 Å². The van der Waals surface area contributed by atoms with Crippen molar-refractivity contribution < 1.29 is 4.42 Å². The van der Waals surface area contributed by atoms with E-state index in [4.69, 9.17) is 4.42 Å². The van der Waals surface area contributed by atoms with E-state index in [0.29, 0.717) is 5.76 Å². The maximum atomic E-state index is 5.24. The molecule has 0 aliphatic heterocycles. The zero-order valence-corrected chi connectivity index (χ0v) is 13.5. The normalized spacial score (nSPS) is 12.7. The highest BCUT2D eigenvalue weighted by Gasteiger charge is 2.02. The van der Waals surface area contributed by atoms with Crippen molar-refractivity contribution >= 4 is 17.5 Å². The van der Waals surface area contributed by atoms with Crippen molar-refractivity contribution in [2.75, 3.05) is 0 Å². The summed E-state index contributed by atoms with van der Waals surface area (Å²) in [6, 6.07) is 23.9. The molecule has 118 valence electrons. The summed E-state index contributed by atoms with van der Waals surface area (Å²) in [5.41, 5.74) is 4.12. The van der Waals surface area contributed by atoms with Crippen LogP contribution < -0.4 is 0 Å². The number of hydrogen-bond donors (Lipinski definition) is 0. The lowest BCUT2D eigenvalue weighted by Gasteiger charge is -2.04. The van der Waals surface area contributed by atoms with Gasteiger partial charge in [-0.2, -0.15) is 10.2 Å². The largest absolute Gasteiger partial charge is 0.463 e. The Kier molecular flexibility index (Phi) is 5.15. The Labute approximate surface area is 141 Å². The molecular formula is C21H18N2O. The molecule has 0 aliphatic rings. The van der Waals surface area contributed by atoms with Crippen molar-refractivity contribution in [3.8, 4) is 0 Å². The topological polar surface area (TPSA) is 37.9 Å². The molecule has 24 heavy (non-hydrogen) atoms. The van der Waals surface area contributed by atoms with Gasteiger partial charge in [0.1, 0.15) is 5.76 Å². The molecule has 0 bridgehead atoms. The first-order valence-electron chi connectivity index (χ1n) is 7.76. The number of benzene rings is 2. The van der Waals surface area contributed by atoms with Crippen LogP contribution in [0, 0.1) is 0 Å². The van der Waals surface area contributed by atoms with Crippen LogP contribution in [-0.2, 0) is 0 Å². The Bertz CT molecular complexity index is 845. The molecule has 0 N–H and O–H groups in total. The van der Waals surface area contributed by atoms with Crippen molar-refractivity contribution in [2.24, 2.45) is 10.2 Å². The molecule has 1 heterocycles. The van der Waals surface area contributed by atoms with Crippen molar-refractivity contribution in [2.45, 2.75) is 6.92 Å². The van der Waals surface area contributed by atoms with Gasteiger partial charge in [0.05, 0.1) is 18.2 Å². The van der Waals surface area contributed by atoms with Crippen LogP contribution in [0.2, 0.25) is 0 Å². The van der Waals surface area contributed by atoms with Crippen LogP contribution in [-0.4, -0.2) is 11.9 Å². The zero-order chi connectivity index (χ0) is 16.6. The zero-order valence-electron chi connectivity index (χ0n) is 13.5. The fraction of sp³-hybridized carbons (Fsp3) is 0.0476. The van der Waals surface area contributed by atoms with Gasteiger partial charge >= 0.3 is 0 Å². The Morgan fingerprint density at radius 2 is 1.50 bits per heavy atom. The second-order valence-corrected chi connectivity index (χ2v) is 5.30. The summed E-state index contributed by atoms with van der Waals surface area (Å²) < 4.78 is 5.24. The molecule has 3 aromatic rings. The lowest BCUT2D eigenvalue weighted by atomic mass is 10.0. The van der Waals surface area contributed by atoms with Gasteiger partial charge in [0.15, 0.2) is 0 Å². The second kappa shape index (κ2) is 7.88. The summed E-state index contributed by atoms with van der Waals surface area (Å²) >= 11 is 0. The highest BCUT2D eigenvalue weighted by molar-refractivity contribution is 6.12. The summed E-state index contributed by atoms with van der Waals surface area (Å²) in [5.74, 6) is 0.676. The van der Waals surface area contributed by atoms with Crippen LogP contribution >= 0.6 is 0 Å². The van der Waals surface area contributed by atoms with E-state index in [1.807, 2.05) is 66.7 Å². The number of furan rings is 1. The molecule has 3 rings (SSSR count). The summed E-state index contributed by atoms with van der Waals surface area (Å²) in [6.07, 6.45) is 5.27. The molecule has 0 saturated heterocycles. The highest BCUT2D eigenvalue weighted by atomic mass is 16.3. The van der Waals surface area contributed by atoms with Crippen LogP contribution in [0.4, 0.5) is 0 Å². The van der Waals surface area contributed by atoms with Crippen LogP contribution in [0.1, 0.15) is 23.8 Å². The number of hydrogen-bond acceptors (Lipinski definition) is 3. The summed E-state index contributed by atoms with van der Waals surface area (Å²) in [6.45, 7) is 2.07. The molecule has 0 unspecified atom stereocenters. The van der Waals surface area contributed by atoms with Gasteiger partial charge in [-0.1, -0.05) is 60.7 Å². The SMILES string of the molecule is C\C(=C/C(=N/N=C/c1ccco1)c1ccccc1)c1ccccc1. The van der Waals surface area contributed by atoms with Crippen LogP contribution in [0.3, 0.4) is 0 Å². The minimum absolute atomic E-state index is 0.676. The molecule has 0 amide bonds. The Morgan fingerprint density at radius 1 is 0.833 bits per heavy atom. The predicted octanol–water partition coefficient (Wildman–Crippen LogP) is 5.21. The van der Waals surface area contributed by atoms with E-state index in [1.54, 1.807) is 12.5 Å². The van der Waals surface area contributed by atoms with Gasteiger partial charge in [0.2, 0.25) is 0 Å². The predicted molar refractivity (Wildman–Crippen MR) is 99.4 cm³/mol. The molecule has 0 fully saturated rings. The van der Waals surface area contributed by atoms with E-state index >= 15 is 0 Å². The standard InChI is InChI=1S/C21H18N2O/c1-17(18-9-4-2-5-10-18)15-21(19-11-6-3-7-12-19)23-22-16-20-13-8-14-24-20/h2-16H,1H3/b17-15+,22-16+,23-21-. The van der Waals surface area contributed by atoms with Gasteiger partial charge in [0.25, 0.3) is 0 Å². The maximum absolute atomic E-state index is 5.24. The molecule has 3 nitrogen and oxygen atoms in total. The molecule has 0 saturated carbocycles. The Balaban J connectivity index is 1.93. The highest BCUT2D eigenvalue weighted by Crippen LogP contribution is 2.15. The quantitative estimate of drug-likeness (QED) is 0.471. The lowest BCUT2D eigenvalue weighted by Crippen LogP contribution is -1.97. The second-order valence-electron chi connectivity index (χ2n) is 5.30. The molecule has 0 spiro atoms. The first kappa shape index (κ1) is 15.7. The van der Waals surface area contributed by atoms with Gasteiger partial charge in [-0.25, -0.2) is 0 Å². The first-order chi connectivity index (χ1) is 11.8. The van der Waals surface area contributed by atoms with E-state index in [9.17, 15) is 0 Å². The molecule has 1 aromatic heterocycles. The fourth-order valence-corrected chi connectivity index (χ4v) is 2.28. The van der Waals surface area contributed by atoms with Crippen LogP contribution in [0.15, 0.2) is 99.8 Å². The molecule has 0 atom stereocenters. The minimum Gasteiger partial charge on any atom is -0.463 e. The third-order valence-electron chi connectivity index (χ3n) is 3.55. The van der Waals surface area contributed by atoms with Crippen molar-refractivity contribution in [3.63, 3.8) is 0 Å². The van der Waals surface area contributed by atoms with E-state index in [-0.39, 0.29) is 0 Å². The average Bonchev–Trinajstić information content (AvgIpc) is 3.16. The summed E-state index contributed by atoms with van der Waals surface area (Å²) in [7, 11) is 0. The summed E-state index contributed by atoms with van der Waals surface area (Å²) in [5, 5.41) is 8.55. The van der Waals surface area contributed by atoms with Crippen LogP contribution in [0.5, 0.6) is 0 Å². The molecule has 2 aromatic carbocycles. The van der Waals surface area contributed by atoms with E-state index in [0.717, 1.165) is 22.4 Å². The Morgan fingerprint density at radius 3 is 2.12 bits per heavy atom. The summed E-state index contributed by atoms with van der Waals surface area (Å²) in [4.78, 5) is 0. The number of nitrogens with zero attached hydrogens (tertiary/aromatic N) is 2. The monoisotopic (exact) mass is 314 g/mol. The molecule has 3 heteroatoms. The average molecular weight is 314 g/mol. The maximum Gasteiger partial charge on any atom is 0.146 e. The lowest BCUT2D eigenvalue weighted by molar-refractivity contribution is 0.560. The van der Waals surface area contributed by atoms with Crippen LogP contribution in [0.25, 0.3) is 5.57 Å². The third-order valence-corrected chi connectivity index (χ3v) is 3.55. The molecule has 0 aliphatic carbocycles. The number of rotatable bonds is 5. The molecule has 0 radical (unpaired) electrons. The van der Waals surface area contributed by atoms with Crippen molar-refractivity contribution in [1.82, 2.24) is 0 Å². The van der Waals surface area contributed by atoms with E-state index in [1.165, 1.54) is 0 Å². The van der Waals surface area contributed by atoms with E-state index in [2.05, 4.69) is 29.3 Å². The smallest absolute Gasteiger partial charge is 0.146 e. The van der Waals surface area contributed by atoms with Crippen molar-refractivity contribution in [3.05, 3.63) is 102 Å². The van der Waals surface area contributed by atoms with Gasteiger partial charge < -0.3 is 4.42 Å². The van der Waals surface area contributed by atoms with Gasteiger partial charge in [-0.05, 0) is 36.3 Å².